The smallest absolute Gasteiger partial charge is 0.273 e. The lowest BCUT2D eigenvalue weighted by Gasteiger charge is -2.01. The molecule has 0 spiro atoms. The number of nitrogens with two attached hydrogens (primary N) is 1. The highest BCUT2D eigenvalue weighted by molar-refractivity contribution is 5.77. The minimum Gasteiger partial charge on any atom is -0.382 e. The predicted octanol–water partition coefficient (Wildman–Crippen LogP) is 3.83. The zero-order chi connectivity index (χ0) is 18.1. The molecule has 0 radical (unpaired) electrons. The van der Waals surface area contributed by atoms with Crippen molar-refractivity contribution in [2.24, 2.45) is 10.2 Å². The van der Waals surface area contributed by atoms with Gasteiger partial charge in [0.25, 0.3) is 5.56 Å². The average Bonchev–Trinajstić information content (AvgIpc) is 2.98. The SMILES string of the molecule is Nc1[nH]n2c(=O)cc(-c3ccccc3)nc2c1N=Nc1ccccc1F. The van der Waals surface area contributed by atoms with E-state index < -0.39 is 5.82 Å². The minimum atomic E-state index is -0.509. The molecule has 0 unspecified atom stereocenters. The second kappa shape index (κ2) is 6.25. The van der Waals surface area contributed by atoms with Gasteiger partial charge in [0.1, 0.15) is 11.5 Å². The molecule has 0 amide bonds. The third kappa shape index (κ3) is 2.73. The molecule has 26 heavy (non-hydrogen) atoms. The highest BCUT2D eigenvalue weighted by Crippen LogP contribution is 2.29. The normalized spacial score (nSPS) is 11.4. The third-order valence-electron chi connectivity index (χ3n) is 3.80. The Balaban J connectivity index is 1.87. The summed E-state index contributed by atoms with van der Waals surface area (Å²) in [5.41, 5.74) is 7.28. The third-order valence-corrected chi connectivity index (χ3v) is 3.80. The minimum absolute atomic E-state index is 0.0628. The Labute approximate surface area is 146 Å². The number of anilines is 1. The number of rotatable bonds is 3. The van der Waals surface area contributed by atoms with Gasteiger partial charge in [-0.05, 0) is 12.1 Å². The van der Waals surface area contributed by atoms with Gasteiger partial charge in [0.05, 0.1) is 5.69 Å². The molecule has 3 N–H and O–H groups in total. The summed E-state index contributed by atoms with van der Waals surface area (Å²) in [6, 6.07) is 16.6. The van der Waals surface area contributed by atoms with Crippen LogP contribution < -0.4 is 11.3 Å². The molecule has 2 aromatic heterocycles. The summed E-state index contributed by atoms with van der Waals surface area (Å²) in [7, 11) is 0. The number of halogens is 1. The van der Waals surface area contributed by atoms with Crippen LogP contribution in [-0.4, -0.2) is 14.6 Å². The van der Waals surface area contributed by atoms with Crippen molar-refractivity contribution >= 4 is 22.8 Å². The summed E-state index contributed by atoms with van der Waals surface area (Å²) in [5.74, 6) is -0.398. The number of nitrogen functional groups attached to an aromatic ring is 1. The molecule has 0 atom stereocenters. The summed E-state index contributed by atoms with van der Waals surface area (Å²) in [4.78, 5) is 16.8. The predicted molar refractivity (Wildman–Crippen MR) is 96.2 cm³/mol. The van der Waals surface area contributed by atoms with E-state index >= 15 is 0 Å². The quantitative estimate of drug-likeness (QED) is 0.550. The average molecular weight is 348 g/mol. The summed E-state index contributed by atoms with van der Waals surface area (Å²) >= 11 is 0. The second-order valence-corrected chi connectivity index (χ2v) is 5.53. The molecule has 128 valence electrons. The Hall–Kier alpha value is -3.81. The largest absolute Gasteiger partial charge is 0.382 e. The lowest BCUT2D eigenvalue weighted by Crippen LogP contribution is -2.14. The number of fused-ring (bicyclic) bond motifs is 1. The molecule has 0 fully saturated rings. The van der Waals surface area contributed by atoms with Gasteiger partial charge >= 0.3 is 0 Å². The first-order chi connectivity index (χ1) is 12.6. The van der Waals surface area contributed by atoms with Crippen molar-refractivity contribution in [3.8, 4) is 11.3 Å². The van der Waals surface area contributed by atoms with Crippen molar-refractivity contribution in [3.05, 3.63) is 76.8 Å². The molecule has 0 aliphatic heterocycles. The highest BCUT2D eigenvalue weighted by atomic mass is 19.1. The fourth-order valence-electron chi connectivity index (χ4n) is 2.54. The summed E-state index contributed by atoms with van der Waals surface area (Å²) < 4.78 is 14.9. The standard InChI is InChI=1S/C18H13FN6O/c19-12-8-4-5-9-13(12)22-23-16-17(20)24-25-15(26)10-14(21-18(16)25)11-6-2-1-3-7-11/h1-10,24H,20H2. The van der Waals surface area contributed by atoms with Crippen LogP contribution in [0, 0.1) is 5.82 Å². The number of H-pyrrole nitrogens is 1. The molecule has 0 saturated heterocycles. The number of benzene rings is 2. The first-order valence-corrected chi connectivity index (χ1v) is 7.76. The van der Waals surface area contributed by atoms with Crippen LogP contribution in [0.1, 0.15) is 0 Å². The molecule has 4 aromatic rings. The maximum absolute atomic E-state index is 13.7. The van der Waals surface area contributed by atoms with Crippen molar-refractivity contribution in [1.29, 1.82) is 0 Å². The van der Waals surface area contributed by atoms with Gasteiger partial charge in [-0.15, -0.1) is 10.2 Å². The zero-order valence-corrected chi connectivity index (χ0v) is 13.4. The van der Waals surface area contributed by atoms with E-state index in [9.17, 15) is 9.18 Å². The van der Waals surface area contributed by atoms with E-state index in [4.69, 9.17) is 5.73 Å². The monoisotopic (exact) mass is 348 g/mol. The van der Waals surface area contributed by atoms with Gasteiger partial charge in [0, 0.05) is 11.6 Å². The van der Waals surface area contributed by atoms with Gasteiger partial charge in [0.15, 0.2) is 17.2 Å². The molecule has 0 saturated carbocycles. The van der Waals surface area contributed by atoms with E-state index in [0.29, 0.717) is 5.69 Å². The Bertz CT molecular complexity index is 1180. The van der Waals surface area contributed by atoms with Crippen molar-refractivity contribution in [2.75, 3.05) is 5.73 Å². The number of nitrogens with zero attached hydrogens (tertiary/aromatic N) is 4. The van der Waals surface area contributed by atoms with Gasteiger partial charge in [0.2, 0.25) is 0 Å². The van der Waals surface area contributed by atoms with Crippen LogP contribution in [-0.2, 0) is 0 Å². The second-order valence-electron chi connectivity index (χ2n) is 5.53. The number of hydrogen-bond acceptors (Lipinski definition) is 5. The molecular formula is C18H13FN6O. The summed E-state index contributed by atoms with van der Waals surface area (Å²) in [6.45, 7) is 0. The Morgan fingerprint density at radius 1 is 1.04 bits per heavy atom. The van der Waals surface area contributed by atoms with Crippen LogP contribution >= 0.6 is 0 Å². The van der Waals surface area contributed by atoms with E-state index in [1.807, 2.05) is 30.3 Å². The van der Waals surface area contributed by atoms with E-state index in [1.54, 1.807) is 12.1 Å². The Morgan fingerprint density at radius 2 is 1.77 bits per heavy atom. The molecule has 8 heteroatoms. The number of aromatic amines is 1. The first-order valence-electron chi connectivity index (χ1n) is 7.76. The van der Waals surface area contributed by atoms with E-state index in [2.05, 4.69) is 20.3 Å². The van der Waals surface area contributed by atoms with Crippen LogP contribution in [0.2, 0.25) is 0 Å². The van der Waals surface area contributed by atoms with E-state index in [0.717, 1.165) is 5.56 Å². The highest BCUT2D eigenvalue weighted by Gasteiger charge is 2.14. The van der Waals surface area contributed by atoms with Gasteiger partial charge in [-0.1, -0.05) is 42.5 Å². The topological polar surface area (TPSA) is 101 Å². The van der Waals surface area contributed by atoms with Crippen molar-refractivity contribution in [2.45, 2.75) is 0 Å². The lowest BCUT2D eigenvalue weighted by molar-refractivity contribution is 0.628. The number of aromatic nitrogens is 3. The van der Waals surface area contributed by atoms with Crippen molar-refractivity contribution in [1.82, 2.24) is 14.6 Å². The molecule has 0 aliphatic rings. The van der Waals surface area contributed by atoms with Gasteiger partial charge < -0.3 is 5.73 Å². The molecule has 2 aromatic carbocycles. The van der Waals surface area contributed by atoms with Gasteiger partial charge in [-0.3, -0.25) is 9.89 Å². The Kier molecular flexibility index (Phi) is 3.77. The number of azo groups is 1. The van der Waals surface area contributed by atoms with Crippen molar-refractivity contribution in [3.63, 3.8) is 0 Å². The first kappa shape index (κ1) is 15.7. The molecule has 7 nitrogen and oxygen atoms in total. The van der Waals surface area contributed by atoms with Crippen LogP contribution in [0.5, 0.6) is 0 Å². The van der Waals surface area contributed by atoms with Crippen LogP contribution in [0.4, 0.5) is 21.6 Å². The van der Waals surface area contributed by atoms with Gasteiger partial charge in [-0.25, -0.2) is 9.37 Å². The molecule has 0 bridgehead atoms. The fraction of sp³-hybridized carbons (Fsp3) is 0. The van der Waals surface area contributed by atoms with Gasteiger partial charge in [-0.2, -0.15) is 4.52 Å². The number of nitrogens with one attached hydrogen (secondary N) is 1. The summed E-state index contributed by atoms with van der Waals surface area (Å²) in [5, 5.41) is 10.6. The van der Waals surface area contributed by atoms with E-state index in [-0.39, 0.29) is 28.4 Å². The maximum atomic E-state index is 13.7. The molecular weight excluding hydrogens is 335 g/mol. The number of hydrogen-bond donors (Lipinski definition) is 2. The van der Waals surface area contributed by atoms with Crippen LogP contribution in [0.3, 0.4) is 0 Å². The summed E-state index contributed by atoms with van der Waals surface area (Å²) in [6.07, 6.45) is 0. The zero-order valence-electron chi connectivity index (χ0n) is 13.4. The maximum Gasteiger partial charge on any atom is 0.273 e. The van der Waals surface area contributed by atoms with Crippen LogP contribution in [0.25, 0.3) is 16.9 Å². The Morgan fingerprint density at radius 3 is 2.54 bits per heavy atom. The lowest BCUT2D eigenvalue weighted by atomic mass is 10.1. The van der Waals surface area contributed by atoms with Crippen molar-refractivity contribution < 1.29 is 4.39 Å². The molecule has 0 aliphatic carbocycles. The van der Waals surface area contributed by atoms with Crippen LogP contribution in [0.15, 0.2) is 75.7 Å². The fourth-order valence-corrected chi connectivity index (χ4v) is 2.54. The van der Waals surface area contributed by atoms with E-state index in [1.165, 1.54) is 22.7 Å². The molecule has 2 heterocycles. The molecule has 4 rings (SSSR count).